The fraction of sp³-hybridized carbons (Fsp3) is 0.158. The van der Waals surface area contributed by atoms with Crippen LogP contribution < -0.4 is 14.8 Å². The largest absolute Gasteiger partial charge is 0.454 e. The zero-order valence-corrected chi connectivity index (χ0v) is 16.5. The second-order valence-corrected chi connectivity index (χ2v) is 7.87. The number of aromatic nitrogens is 1. The summed E-state index contributed by atoms with van der Waals surface area (Å²) in [6.07, 6.45) is 1.50. The van der Waals surface area contributed by atoms with E-state index in [-0.39, 0.29) is 35.4 Å². The molecule has 0 saturated carbocycles. The highest BCUT2D eigenvalue weighted by Gasteiger charge is 2.25. The van der Waals surface area contributed by atoms with E-state index in [0.29, 0.717) is 18.0 Å². The topological polar surface area (TPSA) is 69.6 Å². The van der Waals surface area contributed by atoms with Crippen molar-refractivity contribution in [3.8, 4) is 22.8 Å². The lowest BCUT2D eigenvalue weighted by atomic mass is 10.1. The summed E-state index contributed by atoms with van der Waals surface area (Å²) in [4.78, 5) is 0.0379. The zero-order valence-electron chi connectivity index (χ0n) is 14.9. The molecule has 1 aliphatic heterocycles. The molecule has 0 amide bonds. The second-order valence-electron chi connectivity index (χ2n) is 6.06. The Morgan fingerprint density at radius 1 is 1.11 bits per heavy atom. The summed E-state index contributed by atoms with van der Waals surface area (Å²) in [5, 5.41) is 2.98. The number of ether oxygens (including phenoxy) is 2. The molecule has 3 aromatic rings. The number of halogens is 2. The smallest absolute Gasteiger partial charge is 0.268 e. The molecule has 0 radical (unpaired) electrons. The second kappa shape index (κ2) is 7.83. The van der Waals surface area contributed by atoms with Gasteiger partial charge in [-0.05, 0) is 42.9 Å². The van der Waals surface area contributed by atoms with Crippen molar-refractivity contribution in [2.75, 3.05) is 13.8 Å². The number of hydrogen-bond acceptors (Lipinski definition) is 5. The predicted octanol–water partition coefficient (Wildman–Crippen LogP) is 3.40. The minimum absolute atomic E-state index is 0. The Balaban J connectivity index is 0.00000225. The molecule has 0 saturated heterocycles. The first-order valence-electron chi connectivity index (χ1n) is 8.26. The number of hydrogen-bond donors (Lipinski definition) is 1. The molecule has 0 unspecified atom stereocenters. The SMILES string of the molecule is CNCc1cc(-c2ccccc2F)n(S(=O)(=O)c2ccc3c(c2)OCO3)c1.Cl. The maximum absolute atomic E-state index is 14.4. The molecule has 2 heterocycles. The van der Waals surface area contributed by atoms with Gasteiger partial charge >= 0.3 is 0 Å². The Bertz CT molecular complexity index is 1110. The van der Waals surface area contributed by atoms with Gasteiger partial charge in [0, 0.05) is 24.4 Å². The van der Waals surface area contributed by atoms with Crippen molar-refractivity contribution < 1.29 is 22.3 Å². The molecular formula is C19H18ClFN2O4S. The van der Waals surface area contributed by atoms with Crippen molar-refractivity contribution in [2.24, 2.45) is 0 Å². The summed E-state index contributed by atoms with van der Waals surface area (Å²) in [6, 6.07) is 12.2. The van der Waals surface area contributed by atoms with Crippen molar-refractivity contribution in [2.45, 2.75) is 11.4 Å². The van der Waals surface area contributed by atoms with Gasteiger partial charge in [-0.25, -0.2) is 16.8 Å². The van der Waals surface area contributed by atoms with E-state index in [1.807, 2.05) is 0 Å². The molecule has 148 valence electrons. The van der Waals surface area contributed by atoms with E-state index >= 15 is 0 Å². The van der Waals surface area contributed by atoms with Crippen LogP contribution in [0.5, 0.6) is 11.5 Å². The van der Waals surface area contributed by atoms with Gasteiger partial charge in [0.25, 0.3) is 10.0 Å². The first-order valence-corrected chi connectivity index (χ1v) is 9.70. The predicted molar refractivity (Wildman–Crippen MR) is 105 cm³/mol. The van der Waals surface area contributed by atoms with Crippen LogP contribution >= 0.6 is 12.4 Å². The van der Waals surface area contributed by atoms with Gasteiger partial charge in [0.15, 0.2) is 11.5 Å². The Morgan fingerprint density at radius 2 is 1.86 bits per heavy atom. The summed E-state index contributed by atoms with van der Waals surface area (Å²) in [5.41, 5.74) is 1.19. The lowest BCUT2D eigenvalue weighted by Crippen LogP contribution is -2.14. The maximum atomic E-state index is 14.4. The molecule has 1 aromatic heterocycles. The van der Waals surface area contributed by atoms with Gasteiger partial charge < -0.3 is 14.8 Å². The summed E-state index contributed by atoms with van der Waals surface area (Å²) < 4.78 is 52.5. The molecule has 1 aliphatic rings. The van der Waals surface area contributed by atoms with Gasteiger partial charge in [-0.15, -0.1) is 12.4 Å². The Hall–Kier alpha value is -2.55. The average Bonchev–Trinajstić information content (AvgIpc) is 3.29. The molecule has 6 nitrogen and oxygen atoms in total. The summed E-state index contributed by atoms with van der Waals surface area (Å²) >= 11 is 0. The first-order chi connectivity index (χ1) is 13.0. The fourth-order valence-corrected chi connectivity index (χ4v) is 4.42. The average molecular weight is 425 g/mol. The third-order valence-electron chi connectivity index (χ3n) is 4.27. The van der Waals surface area contributed by atoms with Crippen LogP contribution in [-0.4, -0.2) is 26.2 Å². The molecular weight excluding hydrogens is 407 g/mol. The van der Waals surface area contributed by atoms with E-state index in [1.165, 1.54) is 24.4 Å². The lowest BCUT2D eigenvalue weighted by Gasteiger charge is -2.11. The number of nitrogens with one attached hydrogen (secondary N) is 1. The lowest BCUT2D eigenvalue weighted by molar-refractivity contribution is 0.174. The molecule has 0 aliphatic carbocycles. The summed E-state index contributed by atoms with van der Waals surface area (Å²) in [5.74, 6) is 0.367. The molecule has 0 fully saturated rings. The van der Waals surface area contributed by atoms with Crippen LogP contribution in [0.3, 0.4) is 0 Å². The summed E-state index contributed by atoms with van der Waals surface area (Å²) in [7, 11) is -2.21. The number of benzene rings is 2. The van der Waals surface area contributed by atoms with Crippen molar-refractivity contribution in [3.05, 3.63) is 66.1 Å². The molecule has 0 bridgehead atoms. The first kappa shape index (κ1) is 20.2. The molecule has 4 rings (SSSR count). The van der Waals surface area contributed by atoms with E-state index in [4.69, 9.17) is 9.47 Å². The number of fused-ring (bicyclic) bond motifs is 1. The van der Waals surface area contributed by atoms with Gasteiger partial charge in [-0.2, -0.15) is 0 Å². The highest BCUT2D eigenvalue weighted by molar-refractivity contribution is 7.90. The van der Waals surface area contributed by atoms with Gasteiger partial charge in [0.2, 0.25) is 6.79 Å². The van der Waals surface area contributed by atoms with Crippen LogP contribution in [0.2, 0.25) is 0 Å². The van der Waals surface area contributed by atoms with Crippen molar-refractivity contribution >= 4 is 22.4 Å². The van der Waals surface area contributed by atoms with Crippen LogP contribution in [0.4, 0.5) is 4.39 Å². The number of rotatable bonds is 5. The van der Waals surface area contributed by atoms with Crippen LogP contribution in [0, 0.1) is 5.82 Å². The zero-order chi connectivity index (χ0) is 19.0. The van der Waals surface area contributed by atoms with Gasteiger partial charge in [0.05, 0.1) is 10.6 Å². The molecule has 1 N–H and O–H groups in total. The minimum Gasteiger partial charge on any atom is -0.454 e. The molecule has 2 aromatic carbocycles. The normalized spacial score (nSPS) is 12.6. The molecule has 28 heavy (non-hydrogen) atoms. The van der Waals surface area contributed by atoms with Crippen molar-refractivity contribution in [1.29, 1.82) is 0 Å². The standard InChI is InChI=1S/C19H17FN2O4S.ClH/c1-21-10-13-8-17(15-4-2-3-5-16(15)20)22(11-13)27(23,24)14-6-7-18-19(9-14)26-12-25-18;/h2-9,11,21H,10,12H2,1H3;1H. The molecule has 0 atom stereocenters. The van der Waals surface area contributed by atoms with Gasteiger partial charge in [-0.1, -0.05) is 12.1 Å². The third-order valence-corrected chi connectivity index (χ3v) is 5.94. The number of nitrogens with zero attached hydrogens (tertiary/aromatic N) is 1. The molecule has 9 heteroatoms. The van der Waals surface area contributed by atoms with Crippen LogP contribution in [0.25, 0.3) is 11.3 Å². The van der Waals surface area contributed by atoms with Crippen LogP contribution in [0.1, 0.15) is 5.56 Å². The van der Waals surface area contributed by atoms with Gasteiger partial charge in [-0.3, -0.25) is 0 Å². The van der Waals surface area contributed by atoms with Crippen molar-refractivity contribution in [1.82, 2.24) is 9.29 Å². The quantitative estimate of drug-likeness (QED) is 0.679. The van der Waals surface area contributed by atoms with Crippen LogP contribution in [-0.2, 0) is 16.6 Å². The minimum atomic E-state index is -3.97. The van der Waals surface area contributed by atoms with Gasteiger partial charge in [0.1, 0.15) is 5.82 Å². The highest BCUT2D eigenvalue weighted by Crippen LogP contribution is 2.36. The van der Waals surface area contributed by atoms with E-state index in [9.17, 15) is 12.8 Å². The Kier molecular flexibility index (Phi) is 5.64. The highest BCUT2D eigenvalue weighted by atomic mass is 35.5. The van der Waals surface area contributed by atoms with E-state index in [1.54, 1.807) is 37.4 Å². The maximum Gasteiger partial charge on any atom is 0.268 e. The van der Waals surface area contributed by atoms with Crippen LogP contribution in [0.15, 0.2) is 59.6 Å². The van der Waals surface area contributed by atoms with E-state index in [0.717, 1.165) is 9.54 Å². The van der Waals surface area contributed by atoms with E-state index < -0.39 is 15.8 Å². The Labute approximate surface area is 168 Å². The Morgan fingerprint density at radius 3 is 2.61 bits per heavy atom. The van der Waals surface area contributed by atoms with E-state index in [2.05, 4.69) is 5.32 Å². The molecule has 0 spiro atoms. The van der Waals surface area contributed by atoms with Crippen molar-refractivity contribution in [3.63, 3.8) is 0 Å². The third kappa shape index (κ3) is 3.46. The summed E-state index contributed by atoms with van der Waals surface area (Å²) in [6.45, 7) is 0.500. The fourth-order valence-electron chi connectivity index (χ4n) is 3.01. The monoisotopic (exact) mass is 424 g/mol.